The number of hydrogen-bond acceptors (Lipinski definition) is 7. The summed E-state index contributed by atoms with van der Waals surface area (Å²) in [5, 5.41) is 0. The van der Waals surface area contributed by atoms with Gasteiger partial charge in [0.2, 0.25) is 0 Å². The van der Waals surface area contributed by atoms with Gasteiger partial charge in [-0.25, -0.2) is 9.59 Å². The van der Waals surface area contributed by atoms with Gasteiger partial charge in [-0.2, -0.15) is 0 Å². The van der Waals surface area contributed by atoms with E-state index in [9.17, 15) is 9.59 Å². The summed E-state index contributed by atoms with van der Waals surface area (Å²) in [5.74, 6) is 2.00. The van der Waals surface area contributed by atoms with E-state index in [-0.39, 0.29) is 5.97 Å². The number of carbonyl (C=O) groups is 2. The molecule has 0 spiro atoms. The summed E-state index contributed by atoms with van der Waals surface area (Å²) in [4.78, 5) is 23.6. The van der Waals surface area contributed by atoms with Crippen LogP contribution in [0.5, 0.6) is 23.0 Å². The van der Waals surface area contributed by atoms with Gasteiger partial charge in [-0.15, -0.1) is 0 Å². The molecule has 0 radical (unpaired) electrons. The Morgan fingerprint density at radius 1 is 0.553 bits per heavy atom. The number of esters is 2. The van der Waals surface area contributed by atoms with Crippen LogP contribution >= 0.6 is 0 Å². The summed E-state index contributed by atoms with van der Waals surface area (Å²) in [5.41, 5.74) is 1.51. The lowest BCUT2D eigenvalue weighted by Crippen LogP contribution is -2.08. The first kappa shape index (κ1) is 37.2. The Labute approximate surface area is 281 Å². The van der Waals surface area contributed by atoms with Crippen LogP contribution in [0.25, 0.3) is 0 Å². The van der Waals surface area contributed by atoms with Crippen molar-refractivity contribution in [2.45, 2.75) is 97.0 Å². The Balaban J connectivity index is 1.24. The number of hydrogen-bond donors (Lipinski definition) is 0. The number of ether oxygens (including phenoxy) is 5. The quantitative estimate of drug-likeness (QED) is 0.0393. The van der Waals surface area contributed by atoms with Crippen LogP contribution in [0.1, 0.15) is 106 Å². The molecule has 0 saturated carbocycles. The van der Waals surface area contributed by atoms with Gasteiger partial charge >= 0.3 is 11.9 Å². The largest absolute Gasteiger partial charge is 0.494 e. The maximum Gasteiger partial charge on any atom is 0.343 e. The Morgan fingerprint density at radius 2 is 1.00 bits per heavy atom. The predicted octanol–water partition coefficient (Wildman–Crippen LogP) is 10.1. The zero-order valence-corrected chi connectivity index (χ0v) is 28.1. The summed E-state index contributed by atoms with van der Waals surface area (Å²) < 4.78 is 28.1. The molecule has 3 aromatic rings. The molecule has 254 valence electrons. The van der Waals surface area contributed by atoms with Crippen LogP contribution < -0.4 is 18.9 Å². The minimum Gasteiger partial charge on any atom is -0.494 e. The van der Waals surface area contributed by atoms with Crippen molar-refractivity contribution in [2.24, 2.45) is 0 Å². The highest BCUT2D eigenvalue weighted by Crippen LogP contribution is 2.22. The summed E-state index contributed by atoms with van der Waals surface area (Å²) in [6.45, 7) is 7.91. The van der Waals surface area contributed by atoms with Crippen LogP contribution in [0.2, 0.25) is 0 Å². The van der Waals surface area contributed by atoms with Crippen molar-refractivity contribution in [1.82, 2.24) is 0 Å². The van der Waals surface area contributed by atoms with E-state index in [0.717, 1.165) is 55.8 Å². The monoisotopic (exact) mass is 644 g/mol. The van der Waals surface area contributed by atoms with Crippen molar-refractivity contribution in [3.8, 4) is 23.0 Å². The van der Waals surface area contributed by atoms with Gasteiger partial charge in [0, 0.05) is 6.08 Å². The minimum atomic E-state index is -0.422. The Morgan fingerprint density at radius 3 is 1.55 bits per heavy atom. The first-order chi connectivity index (χ1) is 23.1. The van der Waals surface area contributed by atoms with E-state index >= 15 is 0 Å². The fraction of sp³-hybridized carbons (Fsp3) is 0.450. The molecule has 0 saturated heterocycles. The molecular formula is C40H52O7. The fourth-order valence-electron chi connectivity index (χ4n) is 4.89. The molecule has 0 N–H and O–H groups in total. The van der Waals surface area contributed by atoms with Crippen LogP contribution in [-0.4, -0.2) is 31.8 Å². The standard InChI is InChI=1S/C40H52O7/c1-3-5-6-14-29-43-35-21-17-33(18-22-35)32-46-37-25-27-38(28-26-37)47-40(42)34-19-23-36(24-20-34)44-30-15-12-10-8-7-9-11-13-16-31-45-39(41)4-2/h4,17-28H,2-3,5-16,29-32H2,1H3. The van der Waals surface area contributed by atoms with Crippen molar-refractivity contribution in [2.75, 3.05) is 19.8 Å². The molecule has 3 rings (SSSR count). The number of rotatable bonds is 25. The lowest BCUT2D eigenvalue weighted by Gasteiger charge is -2.10. The van der Waals surface area contributed by atoms with Crippen LogP contribution in [0.3, 0.4) is 0 Å². The fourth-order valence-corrected chi connectivity index (χ4v) is 4.89. The summed E-state index contributed by atoms with van der Waals surface area (Å²) in [6.07, 6.45) is 16.1. The highest BCUT2D eigenvalue weighted by molar-refractivity contribution is 5.91. The van der Waals surface area contributed by atoms with Crippen molar-refractivity contribution in [1.29, 1.82) is 0 Å². The van der Waals surface area contributed by atoms with Crippen LogP contribution in [0.15, 0.2) is 85.5 Å². The highest BCUT2D eigenvalue weighted by atomic mass is 16.5. The van der Waals surface area contributed by atoms with E-state index in [4.69, 9.17) is 23.7 Å². The second-order valence-electron chi connectivity index (χ2n) is 11.6. The van der Waals surface area contributed by atoms with Gasteiger partial charge in [0.15, 0.2) is 0 Å². The topological polar surface area (TPSA) is 80.3 Å². The van der Waals surface area contributed by atoms with Gasteiger partial charge in [0.05, 0.1) is 25.4 Å². The minimum absolute atomic E-state index is 0.344. The van der Waals surface area contributed by atoms with Gasteiger partial charge in [-0.1, -0.05) is 89.8 Å². The van der Waals surface area contributed by atoms with Crippen LogP contribution in [0.4, 0.5) is 0 Å². The van der Waals surface area contributed by atoms with E-state index < -0.39 is 5.97 Å². The molecule has 0 aliphatic rings. The molecule has 47 heavy (non-hydrogen) atoms. The molecule has 0 aliphatic carbocycles. The van der Waals surface area contributed by atoms with E-state index in [1.54, 1.807) is 48.5 Å². The lowest BCUT2D eigenvalue weighted by atomic mass is 10.1. The smallest absolute Gasteiger partial charge is 0.343 e. The average molecular weight is 645 g/mol. The number of unbranched alkanes of at least 4 members (excludes halogenated alkanes) is 11. The van der Waals surface area contributed by atoms with Crippen molar-refractivity contribution < 1.29 is 33.3 Å². The van der Waals surface area contributed by atoms with Gasteiger partial charge in [-0.3, -0.25) is 0 Å². The number of benzene rings is 3. The lowest BCUT2D eigenvalue weighted by molar-refractivity contribution is -0.137. The Bertz CT molecular complexity index is 1280. The van der Waals surface area contributed by atoms with Gasteiger partial charge in [-0.05, 0) is 85.5 Å². The SMILES string of the molecule is C=CC(=O)OCCCCCCCCCCCOc1ccc(C(=O)Oc2ccc(OCc3ccc(OCCCCCC)cc3)cc2)cc1. The molecule has 0 fully saturated rings. The van der Waals surface area contributed by atoms with Crippen molar-refractivity contribution in [3.05, 3.63) is 96.6 Å². The van der Waals surface area contributed by atoms with Crippen molar-refractivity contribution in [3.63, 3.8) is 0 Å². The van der Waals surface area contributed by atoms with E-state index in [2.05, 4.69) is 13.5 Å². The third kappa shape index (κ3) is 16.2. The third-order valence-corrected chi connectivity index (χ3v) is 7.69. The molecule has 0 amide bonds. The Hall–Kier alpha value is -4.26. The molecule has 7 heteroatoms. The maximum absolute atomic E-state index is 12.6. The molecule has 0 aromatic heterocycles. The second-order valence-corrected chi connectivity index (χ2v) is 11.6. The maximum atomic E-state index is 12.6. The molecule has 0 aliphatic heterocycles. The first-order valence-corrected chi connectivity index (χ1v) is 17.3. The molecule has 0 bridgehead atoms. The van der Waals surface area contributed by atoms with Crippen molar-refractivity contribution >= 4 is 11.9 Å². The third-order valence-electron chi connectivity index (χ3n) is 7.69. The molecule has 7 nitrogen and oxygen atoms in total. The highest BCUT2D eigenvalue weighted by Gasteiger charge is 2.09. The van der Waals surface area contributed by atoms with E-state index in [1.807, 2.05) is 24.3 Å². The Kier molecular flexibility index (Phi) is 18.3. The second kappa shape index (κ2) is 23.1. The average Bonchev–Trinajstić information content (AvgIpc) is 3.10. The summed E-state index contributed by atoms with van der Waals surface area (Å²) in [6, 6.07) is 22.1. The van der Waals surface area contributed by atoms with Crippen LogP contribution in [0, 0.1) is 0 Å². The van der Waals surface area contributed by atoms with E-state index in [0.29, 0.717) is 36.9 Å². The summed E-state index contributed by atoms with van der Waals surface area (Å²) >= 11 is 0. The first-order valence-electron chi connectivity index (χ1n) is 17.3. The molecule has 0 unspecified atom stereocenters. The molecule has 3 aromatic carbocycles. The number of carbonyl (C=O) groups excluding carboxylic acids is 2. The van der Waals surface area contributed by atoms with Gasteiger partial charge in [0.1, 0.15) is 29.6 Å². The zero-order chi connectivity index (χ0) is 33.4. The van der Waals surface area contributed by atoms with Gasteiger partial charge < -0.3 is 23.7 Å². The zero-order valence-electron chi connectivity index (χ0n) is 28.1. The van der Waals surface area contributed by atoms with Gasteiger partial charge in [0.25, 0.3) is 0 Å². The summed E-state index contributed by atoms with van der Waals surface area (Å²) in [7, 11) is 0. The molecular weight excluding hydrogens is 592 g/mol. The molecule has 0 heterocycles. The van der Waals surface area contributed by atoms with E-state index in [1.165, 1.54) is 57.4 Å². The predicted molar refractivity (Wildman–Crippen MR) is 186 cm³/mol. The normalized spacial score (nSPS) is 10.7. The van der Waals surface area contributed by atoms with Crippen LogP contribution in [-0.2, 0) is 16.1 Å². The molecule has 0 atom stereocenters.